The number of nitrogens with one attached hydrogen (secondary N) is 2. The third kappa shape index (κ3) is 11.9. The molecule has 0 amide bonds. The Labute approximate surface area is 88.6 Å². The summed E-state index contributed by atoms with van der Waals surface area (Å²) in [6.07, 6.45) is 2.23. The average Bonchev–Trinajstić information content (AvgIpc) is 2.15. The Bertz CT molecular complexity index is 107. The van der Waals surface area contributed by atoms with E-state index in [-0.39, 0.29) is 0 Å². The first-order valence-corrected chi connectivity index (χ1v) is 5.79. The van der Waals surface area contributed by atoms with Crippen LogP contribution in [0.25, 0.3) is 0 Å². The van der Waals surface area contributed by atoms with Gasteiger partial charge in [-0.3, -0.25) is 0 Å². The van der Waals surface area contributed by atoms with Gasteiger partial charge in [0.1, 0.15) is 0 Å². The lowest BCUT2D eigenvalue weighted by molar-refractivity contribution is 0.129. The minimum Gasteiger partial charge on any atom is -0.381 e. The van der Waals surface area contributed by atoms with E-state index in [0.29, 0.717) is 6.04 Å². The van der Waals surface area contributed by atoms with Crippen molar-refractivity contribution >= 4 is 0 Å². The summed E-state index contributed by atoms with van der Waals surface area (Å²) in [5.41, 5.74) is 0. The van der Waals surface area contributed by atoms with Gasteiger partial charge >= 0.3 is 0 Å². The maximum absolute atomic E-state index is 5.48. The molecule has 14 heavy (non-hydrogen) atoms. The lowest BCUT2D eigenvalue weighted by Gasteiger charge is -2.08. The maximum Gasteiger partial charge on any atom is 0.0478 e. The fourth-order valence-corrected chi connectivity index (χ4v) is 1.14. The van der Waals surface area contributed by atoms with Crippen LogP contribution < -0.4 is 10.6 Å². The molecule has 0 bridgehead atoms. The van der Waals surface area contributed by atoms with Crippen LogP contribution in [-0.4, -0.2) is 38.9 Å². The summed E-state index contributed by atoms with van der Waals surface area (Å²) in [6, 6.07) is 0.587. The summed E-state index contributed by atoms with van der Waals surface area (Å²) < 4.78 is 5.48. The van der Waals surface area contributed by atoms with Gasteiger partial charge in [0.25, 0.3) is 0 Å². The second-order valence-electron chi connectivity index (χ2n) is 3.78. The van der Waals surface area contributed by atoms with E-state index in [0.717, 1.165) is 45.7 Å². The van der Waals surface area contributed by atoms with Crippen LogP contribution in [0.5, 0.6) is 0 Å². The van der Waals surface area contributed by atoms with E-state index in [1.807, 2.05) is 0 Å². The van der Waals surface area contributed by atoms with Gasteiger partial charge in [-0.05, 0) is 32.5 Å². The number of ether oxygens (including phenoxy) is 1. The van der Waals surface area contributed by atoms with E-state index < -0.39 is 0 Å². The Morgan fingerprint density at radius 2 is 1.71 bits per heavy atom. The molecule has 2 N–H and O–H groups in total. The zero-order chi connectivity index (χ0) is 10.6. The van der Waals surface area contributed by atoms with Crippen molar-refractivity contribution in [1.82, 2.24) is 10.6 Å². The molecule has 3 heteroatoms. The van der Waals surface area contributed by atoms with Gasteiger partial charge in [0.2, 0.25) is 0 Å². The Morgan fingerprint density at radius 1 is 1.07 bits per heavy atom. The smallest absolute Gasteiger partial charge is 0.0478 e. The highest BCUT2D eigenvalue weighted by Crippen LogP contribution is 1.85. The zero-order valence-electron chi connectivity index (χ0n) is 9.94. The maximum atomic E-state index is 5.48. The zero-order valence-corrected chi connectivity index (χ0v) is 9.94. The van der Waals surface area contributed by atoms with E-state index in [2.05, 4.69) is 31.4 Å². The average molecular weight is 202 g/mol. The van der Waals surface area contributed by atoms with Crippen molar-refractivity contribution < 1.29 is 4.74 Å². The second-order valence-corrected chi connectivity index (χ2v) is 3.78. The molecule has 86 valence electrons. The molecule has 0 fully saturated rings. The van der Waals surface area contributed by atoms with Gasteiger partial charge in [-0.25, -0.2) is 0 Å². The molecule has 0 radical (unpaired) electrons. The third-order valence-corrected chi connectivity index (χ3v) is 1.91. The first-order chi connectivity index (χ1) is 6.77. The van der Waals surface area contributed by atoms with Crippen LogP contribution in [0.4, 0.5) is 0 Å². The van der Waals surface area contributed by atoms with Crippen LogP contribution in [-0.2, 0) is 4.74 Å². The van der Waals surface area contributed by atoms with Crippen LogP contribution >= 0.6 is 0 Å². The molecule has 0 rings (SSSR count). The molecular weight excluding hydrogens is 176 g/mol. The van der Waals surface area contributed by atoms with Crippen molar-refractivity contribution in [2.45, 2.75) is 39.7 Å². The second kappa shape index (κ2) is 11.0. The molecule has 0 aromatic carbocycles. The van der Waals surface area contributed by atoms with Crippen LogP contribution in [0.15, 0.2) is 0 Å². The predicted molar refractivity (Wildman–Crippen MR) is 61.7 cm³/mol. The van der Waals surface area contributed by atoms with Gasteiger partial charge in [-0.2, -0.15) is 0 Å². The van der Waals surface area contributed by atoms with Gasteiger partial charge in [-0.1, -0.05) is 20.8 Å². The highest BCUT2D eigenvalue weighted by atomic mass is 16.5. The summed E-state index contributed by atoms with van der Waals surface area (Å²) in [6.45, 7) is 11.4. The number of hydrogen-bond donors (Lipinski definition) is 2. The standard InChI is InChI=1S/C11H26N2O/c1-4-12-7-5-9-14-10-6-8-13-11(2)3/h11-13H,4-10H2,1-3H3. The van der Waals surface area contributed by atoms with Gasteiger partial charge in [-0.15, -0.1) is 0 Å². The molecular formula is C11H26N2O. The third-order valence-electron chi connectivity index (χ3n) is 1.91. The van der Waals surface area contributed by atoms with E-state index in [1.165, 1.54) is 0 Å². The van der Waals surface area contributed by atoms with E-state index >= 15 is 0 Å². The molecule has 0 atom stereocenters. The molecule has 0 aliphatic carbocycles. The molecule has 0 aliphatic rings. The normalized spacial score (nSPS) is 11.1. The molecule has 0 aromatic heterocycles. The van der Waals surface area contributed by atoms with Crippen molar-refractivity contribution in [3.8, 4) is 0 Å². The van der Waals surface area contributed by atoms with Crippen molar-refractivity contribution in [2.75, 3.05) is 32.8 Å². The quantitative estimate of drug-likeness (QED) is 0.525. The monoisotopic (exact) mass is 202 g/mol. The largest absolute Gasteiger partial charge is 0.381 e. The Balaban J connectivity index is 2.85. The van der Waals surface area contributed by atoms with Gasteiger partial charge in [0, 0.05) is 19.3 Å². The highest BCUT2D eigenvalue weighted by molar-refractivity contribution is 4.52. The summed E-state index contributed by atoms with van der Waals surface area (Å²) in [7, 11) is 0. The Morgan fingerprint density at radius 3 is 2.29 bits per heavy atom. The van der Waals surface area contributed by atoms with Crippen molar-refractivity contribution in [3.63, 3.8) is 0 Å². The summed E-state index contributed by atoms with van der Waals surface area (Å²) >= 11 is 0. The fraction of sp³-hybridized carbons (Fsp3) is 1.00. The fourth-order valence-electron chi connectivity index (χ4n) is 1.14. The minimum absolute atomic E-state index is 0.587. The number of rotatable bonds is 10. The van der Waals surface area contributed by atoms with Crippen LogP contribution in [0.1, 0.15) is 33.6 Å². The molecule has 0 heterocycles. The predicted octanol–water partition coefficient (Wildman–Crippen LogP) is 1.39. The summed E-state index contributed by atoms with van der Waals surface area (Å²) in [5, 5.41) is 6.64. The molecule has 0 unspecified atom stereocenters. The Kier molecular flexibility index (Phi) is 10.9. The minimum atomic E-state index is 0.587. The molecule has 0 saturated heterocycles. The van der Waals surface area contributed by atoms with Crippen molar-refractivity contribution in [3.05, 3.63) is 0 Å². The number of hydrogen-bond acceptors (Lipinski definition) is 3. The lowest BCUT2D eigenvalue weighted by atomic mass is 10.3. The Hall–Kier alpha value is -0.120. The van der Waals surface area contributed by atoms with Gasteiger partial charge < -0.3 is 15.4 Å². The molecule has 0 aliphatic heterocycles. The van der Waals surface area contributed by atoms with E-state index in [4.69, 9.17) is 4.74 Å². The molecule has 0 aromatic rings. The molecule has 0 saturated carbocycles. The molecule has 3 nitrogen and oxygen atoms in total. The first-order valence-electron chi connectivity index (χ1n) is 5.79. The van der Waals surface area contributed by atoms with E-state index in [9.17, 15) is 0 Å². The van der Waals surface area contributed by atoms with Crippen molar-refractivity contribution in [2.24, 2.45) is 0 Å². The van der Waals surface area contributed by atoms with Crippen LogP contribution in [0.2, 0.25) is 0 Å². The molecule has 0 spiro atoms. The highest BCUT2D eigenvalue weighted by Gasteiger charge is 1.92. The summed E-state index contributed by atoms with van der Waals surface area (Å²) in [5.74, 6) is 0. The van der Waals surface area contributed by atoms with Crippen LogP contribution in [0.3, 0.4) is 0 Å². The van der Waals surface area contributed by atoms with Crippen LogP contribution in [0, 0.1) is 0 Å². The lowest BCUT2D eigenvalue weighted by Crippen LogP contribution is -2.24. The van der Waals surface area contributed by atoms with Crippen molar-refractivity contribution in [1.29, 1.82) is 0 Å². The first kappa shape index (κ1) is 13.9. The SMILES string of the molecule is CCNCCCOCCCNC(C)C. The summed E-state index contributed by atoms with van der Waals surface area (Å²) in [4.78, 5) is 0. The van der Waals surface area contributed by atoms with E-state index in [1.54, 1.807) is 0 Å². The van der Waals surface area contributed by atoms with Gasteiger partial charge in [0.15, 0.2) is 0 Å². The topological polar surface area (TPSA) is 33.3 Å². The van der Waals surface area contributed by atoms with Gasteiger partial charge in [0.05, 0.1) is 0 Å².